The molecule has 0 radical (unpaired) electrons. The molecule has 0 atom stereocenters. The number of aromatic nitrogens is 3. The van der Waals surface area contributed by atoms with Crippen LogP contribution < -0.4 is 0 Å². The summed E-state index contributed by atoms with van der Waals surface area (Å²) >= 11 is 1.79. The molecule has 0 saturated heterocycles. The normalized spacial score (nSPS) is 11.9. The van der Waals surface area contributed by atoms with E-state index in [1.54, 1.807) is 11.3 Å². The zero-order valence-electron chi connectivity index (χ0n) is 30.3. The van der Waals surface area contributed by atoms with Crippen LogP contribution in [0, 0.1) is 0 Å². The lowest BCUT2D eigenvalue weighted by atomic mass is 9.91. The summed E-state index contributed by atoms with van der Waals surface area (Å²) in [5.41, 5.74) is 10.8. The molecule has 0 spiro atoms. The van der Waals surface area contributed by atoms with Crippen molar-refractivity contribution in [2.75, 3.05) is 0 Å². The molecule has 5 nitrogen and oxygen atoms in total. The summed E-state index contributed by atoms with van der Waals surface area (Å²) in [6.45, 7) is 0. The summed E-state index contributed by atoms with van der Waals surface area (Å²) in [7, 11) is 0. The largest absolute Gasteiger partial charge is 0.456 e. The Kier molecular flexibility index (Phi) is 7.03. The standard InChI is InChI=1S/C51H29N3O2S/c1-2-12-30(13-3-1)49-52-50(31-24-26-37-35-16-6-8-21-42(35)55-44(37)28-31)54-51(53-49)32-25-27-41-46(29-32)57-45-23-11-18-38(47(41)45)33-14-4-5-15-34(33)39-19-10-20-40-36-17-7-9-22-43(36)56-48(39)40/h1-29H. The average molecular weight is 748 g/mol. The van der Waals surface area contributed by atoms with Crippen LogP contribution in [-0.2, 0) is 0 Å². The molecule has 0 fully saturated rings. The number of rotatable bonds is 5. The number of fused-ring (bicyclic) bond motifs is 9. The van der Waals surface area contributed by atoms with Crippen molar-refractivity contribution in [2.45, 2.75) is 0 Å². The van der Waals surface area contributed by atoms with Gasteiger partial charge in [-0.15, -0.1) is 11.3 Å². The second-order valence-electron chi connectivity index (χ2n) is 14.3. The topological polar surface area (TPSA) is 65.0 Å². The minimum atomic E-state index is 0.594. The fourth-order valence-corrected chi connectivity index (χ4v) is 9.49. The molecule has 8 aromatic carbocycles. The maximum absolute atomic E-state index is 6.51. The molecule has 4 aromatic heterocycles. The predicted octanol–water partition coefficient (Wildman–Crippen LogP) is 14.4. The predicted molar refractivity (Wildman–Crippen MR) is 234 cm³/mol. The fourth-order valence-electron chi connectivity index (χ4n) is 8.32. The third-order valence-electron chi connectivity index (χ3n) is 11.0. The second kappa shape index (κ2) is 12.6. The number of benzene rings is 8. The Morgan fingerprint density at radius 2 is 0.877 bits per heavy atom. The molecule has 0 bridgehead atoms. The fraction of sp³-hybridized carbons (Fsp3) is 0. The van der Waals surface area contributed by atoms with E-state index in [1.165, 1.54) is 25.7 Å². The summed E-state index contributed by atoms with van der Waals surface area (Å²) in [6, 6.07) is 61.0. The maximum Gasteiger partial charge on any atom is 0.164 e. The van der Waals surface area contributed by atoms with Crippen molar-refractivity contribution < 1.29 is 8.83 Å². The van der Waals surface area contributed by atoms with Gasteiger partial charge in [-0.05, 0) is 53.1 Å². The molecule has 0 saturated carbocycles. The van der Waals surface area contributed by atoms with E-state index in [-0.39, 0.29) is 0 Å². The number of furan rings is 2. The van der Waals surface area contributed by atoms with Gasteiger partial charge in [0, 0.05) is 64.0 Å². The first-order valence-corrected chi connectivity index (χ1v) is 19.7. The third kappa shape index (κ3) is 5.12. The lowest BCUT2D eigenvalue weighted by Crippen LogP contribution is -2.00. The minimum absolute atomic E-state index is 0.594. The maximum atomic E-state index is 6.51. The Morgan fingerprint density at radius 1 is 0.333 bits per heavy atom. The van der Waals surface area contributed by atoms with Crippen molar-refractivity contribution in [1.29, 1.82) is 0 Å². The van der Waals surface area contributed by atoms with Crippen LogP contribution in [0.15, 0.2) is 185 Å². The van der Waals surface area contributed by atoms with E-state index in [2.05, 4.69) is 109 Å². The zero-order chi connectivity index (χ0) is 37.5. The van der Waals surface area contributed by atoms with Crippen LogP contribution in [0.1, 0.15) is 0 Å². The van der Waals surface area contributed by atoms with Crippen LogP contribution in [0.2, 0.25) is 0 Å². The molecule has 0 aliphatic heterocycles. The molecule has 6 heteroatoms. The molecule has 12 aromatic rings. The van der Waals surface area contributed by atoms with E-state index in [1.807, 2.05) is 66.7 Å². The van der Waals surface area contributed by atoms with Gasteiger partial charge in [0.1, 0.15) is 22.3 Å². The lowest BCUT2D eigenvalue weighted by molar-refractivity contribution is 0.669. The Morgan fingerprint density at radius 3 is 1.67 bits per heavy atom. The summed E-state index contributed by atoms with van der Waals surface area (Å²) in [5, 5.41) is 6.83. The molecule has 4 heterocycles. The second-order valence-corrected chi connectivity index (χ2v) is 15.4. The van der Waals surface area contributed by atoms with E-state index >= 15 is 0 Å². The highest BCUT2D eigenvalue weighted by atomic mass is 32.1. The summed E-state index contributed by atoms with van der Waals surface area (Å²) in [4.78, 5) is 15.2. The quantitative estimate of drug-likeness (QED) is 0.175. The molecule has 0 aliphatic rings. The zero-order valence-corrected chi connectivity index (χ0v) is 31.1. The molecule has 12 rings (SSSR count). The van der Waals surface area contributed by atoms with Crippen LogP contribution in [0.5, 0.6) is 0 Å². The van der Waals surface area contributed by atoms with Gasteiger partial charge in [0.25, 0.3) is 0 Å². The van der Waals surface area contributed by atoms with Crippen molar-refractivity contribution in [3.05, 3.63) is 176 Å². The first-order valence-electron chi connectivity index (χ1n) is 18.9. The molecule has 266 valence electrons. The van der Waals surface area contributed by atoms with Crippen LogP contribution >= 0.6 is 11.3 Å². The van der Waals surface area contributed by atoms with Crippen LogP contribution in [0.4, 0.5) is 0 Å². The average Bonchev–Trinajstić information content (AvgIpc) is 3.97. The van der Waals surface area contributed by atoms with E-state index in [0.29, 0.717) is 17.5 Å². The van der Waals surface area contributed by atoms with Crippen molar-refractivity contribution in [2.24, 2.45) is 0 Å². The highest BCUT2D eigenvalue weighted by Crippen LogP contribution is 2.45. The van der Waals surface area contributed by atoms with Gasteiger partial charge in [-0.3, -0.25) is 0 Å². The van der Waals surface area contributed by atoms with Crippen LogP contribution in [0.3, 0.4) is 0 Å². The van der Waals surface area contributed by atoms with E-state index in [4.69, 9.17) is 23.8 Å². The van der Waals surface area contributed by atoms with Crippen LogP contribution in [0.25, 0.3) is 120 Å². The van der Waals surface area contributed by atoms with Gasteiger partial charge in [-0.1, -0.05) is 140 Å². The van der Waals surface area contributed by atoms with Gasteiger partial charge in [-0.2, -0.15) is 0 Å². The van der Waals surface area contributed by atoms with Gasteiger partial charge in [0.15, 0.2) is 17.5 Å². The number of hydrogen-bond donors (Lipinski definition) is 0. The molecular formula is C51H29N3O2S. The highest BCUT2D eigenvalue weighted by Gasteiger charge is 2.20. The van der Waals surface area contributed by atoms with E-state index in [0.717, 1.165) is 77.3 Å². The molecular weight excluding hydrogens is 719 g/mol. The summed E-state index contributed by atoms with van der Waals surface area (Å²) in [6.07, 6.45) is 0. The molecule has 0 unspecified atom stereocenters. The Labute approximate surface area is 330 Å². The van der Waals surface area contributed by atoms with Crippen molar-refractivity contribution in [1.82, 2.24) is 15.0 Å². The minimum Gasteiger partial charge on any atom is -0.456 e. The number of nitrogens with zero attached hydrogens (tertiary/aromatic N) is 3. The van der Waals surface area contributed by atoms with Gasteiger partial charge >= 0.3 is 0 Å². The van der Waals surface area contributed by atoms with Gasteiger partial charge in [0.05, 0.1) is 0 Å². The number of para-hydroxylation sites is 3. The molecule has 0 amide bonds. The SMILES string of the molecule is c1ccc(-c2nc(-c3ccc4c(c3)oc3ccccc34)nc(-c3ccc4c(c3)sc3cccc(-c5ccccc5-c5cccc6c5oc5ccccc56)c34)n2)cc1. The first-order chi connectivity index (χ1) is 28.2. The summed E-state index contributed by atoms with van der Waals surface area (Å²) in [5.74, 6) is 1.83. The van der Waals surface area contributed by atoms with Gasteiger partial charge in [-0.25, -0.2) is 15.0 Å². The van der Waals surface area contributed by atoms with Crippen molar-refractivity contribution in [3.63, 3.8) is 0 Å². The lowest BCUT2D eigenvalue weighted by Gasteiger charge is -2.12. The number of hydrogen-bond acceptors (Lipinski definition) is 6. The van der Waals surface area contributed by atoms with Crippen LogP contribution in [-0.4, -0.2) is 15.0 Å². The van der Waals surface area contributed by atoms with Gasteiger partial charge < -0.3 is 8.83 Å². The first kappa shape index (κ1) is 31.9. The smallest absolute Gasteiger partial charge is 0.164 e. The molecule has 57 heavy (non-hydrogen) atoms. The summed E-state index contributed by atoms with van der Waals surface area (Å²) < 4.78 is 15.1. The van der Waals surface area contributed by atoms with Crippen molar-refractivity contribution >= 4 is 75.4 Å². The van der Waals surface area contributed by atoms with Gasteiger partial charge in [0.2, 0.25) is 0 Å². The van der Waals surface area contributed by atoms with E-state index in [9.17, 15) is 0 Å². The Hall–Kier alpha value is -7.41. The van der Waals surface area contributed by atoms with E-state index < -0.39 is 0 Å². The Balaban J connectivity index is 1.01. The number of thiophene rings is 1. The Bertz CT molecular complexity index is 3540. The monoisotopic (exact) mass is 747 g/mol. The molecule has 0 aliphatic carbocycles. The van der Waals surface area contributed by atoms with Crippen molar-refractivity contribution in [3.8, 4) is 56.4 Å². The highest BCUT2D eigenvalue weighted by molar-refractivity contribution is 7.26. The third-order valence-corrected chi connectivity index (χ3v) is 12.1. The molecule has 0 N–H and O–H groups in total.